The monoisotopic (exact) mass is 925 g/mol. The van der Waals surface area contributed by atoms with Crippen LogP contribution in [0.25, 0.3) is 0 Å². The molecule has 1 saturated heterocycles. The molecular formula is C45H92O11SSi3. The summed E-state index contributed by atoms with van der Waals surface area (Å²) in [6.45, 7) is 33.4. The van der Waals surface area contributed by atoms with E-state index in [1.165, 1.54) is 44.9 Å². The van der Waals surface area contributed by atoms with E-state index in [0.29, 0.717) is 0 Å². The van der Waals surface area contributed by atoms with Crippen LogP contribution in [0.5, 0.6) is 0 Å². The summed E-state index contributed by atoms with van der Waals surface area (Å²) in [5.41, 5.74) is 0. The molecule has 1 aliphatic rings. The molecule has 356 valence electrons. The molecule has 0 spiro atoms. The van der Waals surface area contributed by atoms with Gasteiger partial charge in [0, 0.05) is 6.42 Å². The molecule has 1 rings (SSSR count). The number of aliphatic hydroxyl groups excluding tert-OH is 1. The minimum atomic E-state index is -4.55. The van der Waals surface area contributed by atoms with Crippen LogP contribution < -0.4 is 0 Å². The highest BCUT2D eigenvalue weighted by molar-refractivity contribution is 7.85. The normalized spacial score (nSPS) is 22.1. The number of carbonyl (C=O) groups excluding carboxylic acids is 1. The van der Waals surface area contributed by atoms with Crippen LogP contribution in [0, 0.1) is 0 Å². The second-order valence-electron chi connectivity index (χ2n) is 21.8. The Hall–Kier alpha value is -0.469. The molecule has 1 fully saturated rings. The number of allylic oxidation sites excluding steroid dienone is 2. The van der Waals surface area contributed by atoms with Gasteiger partial charge < -0.3 is 32.6 Å². The van der Waals surface area contributed by atoms with Crippen molar-refractivity contribution in [2.75, 3.05) is 19.0 Å². The Morgan fingerprint density at radius 1 is 0.650 bits per heavy atom. The van der Waals surface area contributed by atoms with Crippen molar-refractivity contribution in [2.45, 2.75) is 250 Å². The van der Waals surface area contributed by atoms with Crippen molar-refractivity contribution < 1.29 is 50.4 Å². The number of aliphatic hydroxyl groups is 1. The maximum absolute atomic E-state index is 12.6. The molecule has 1 aliphatic heterocycles. The third-order valence-electron chi connectivity index (χ3n) is 13.2. The standard InChI is InChI=1S/C45H92O11SSi3/c1-17-18-19-20-21-22-23-24-25-26-27-28-29-30-31-32-38(47)51-33-36(46)34-52-42-41(56-60(15,16)45(8,9)10)40(55-59(13,14)44(5,6)7)39(37(53-42)35-57(48,49)50)54-58(11,12)43(2,3)4/h24-25,36-37,39-42,46H,17-23,26-35H2,1-16H3,(H,48,49,50)/t36?,37-,39-,40+,41-,42+/m1/s1. The Bertz CT molecular complexity index is 1370. The van der Waals surface area contributed by atoms with Gasteiger partial charge in [0.1, 0.15) is 42.9 Å². The zero-order chi connectivity index (χ0) is 46.2. The maximum atomic E-state index is 12.6. The molecule has 2 N–H and O–H groups in total. The van der Waals surface area contributed by atoms with Gasteiger partial charge in [0.2, 0.25) is 0 Å². The van der Waals surface area contributed by atoms with Gasteiger partial charge >= 0.3 is 5.97 Å². The van der Waals surface area contributed by atoms with Gasteiger partial charge in [0.15, 0.2) is 31.2 Å². The summed E-state index contributed by atoms with van der Waals surface area (Å²) in [4.78, 5) is 12.6. The van der Waals surface area contributed by atoms with Crippen molar-refractivity contribution in [3.05, 3.63) is 12.2 Å². The minimum Gasteiger partial charge on any atom is -0.463 e. The number of hydrogen-bond acceptors (Lipinski definition) is 10. The molecule has 0 aromatic heterocycles. The zero-order valence-corrected chi connectivity index (χ0v) is 44.9. The topological polar surface area (TPSA) is 147 Å². The number of unbranched alkanes of at least 4 members (excludes halogenated alkanes) is 11. The average Bonchev–Trinajstić information content (AvgIpc) is 3.08. The largest absolute Gasteiger partial charge is 0.463 e. The van der Waals surface area contributed by atoms with Crippen LogP contribution in [-0.4, -0.2) is 105 Å². The molecule has 0 aromatic carbocycles. The molecule has 0 bridgehead atoms. The highest BCUT2D eigenvalue weighted by Crippen LogP contribution is 2.46. The van der Waals surface area contributed by atoms with Crippen molar-refractivity contribution in [2.24, 2.45) is 0 Å². The lowest BCUT2D eigenvalue weighted by molar-refractivity contribution is -0.288. The Morgan fingerprint density at radius 3 is 1.52 bits per heavy atom. The van der Waals surface area contributed by atoms with Crippen LogP contribution in [-0.2, 0) is 42.4 Å². The minimum absolute atomic E-state index is 0.224. The quantitative estimate of drug-likeness (QED) is 0.0254. The molecule has 15 heteroatoms. The molecule has 0 amide bonds. The summed E-state index contributed by atoms with van der Waals surface area (Å²) in [6, 6.07) is 0. The summed E-state index contributed by atoms with van der Waals surface area (Å²) < 4.78 is 75.0. The zero-order valence-electron chi connectivity index (χ0n) is 41.1. The van der Waals surface area contributed by atoms with Gasteiger partial charge in [-0.2, -0.15) is 8.42 Å². The number of rotatable bonds is 28. The molecule has 0 saturated carbocycles. The molecular weight excluding hydrogens is 833 g/mol. The molecule has 11 nitrogen and oxygen atoms in total. The van der Waals surface area contributed by atoms with Crippen LogP contribution in [0.3, 0.4) is 0 Å². The SMILES string of the molecule is CCCCCCCCC=CCCCCCCCC(=O)OCC(O)CO[C@H]1O[C@H](CS(=O)(=O)O)[C@@H](O[Si](C)(C)C(C)(C)C)[C@H](O[Si](C)(C)C(C)(C)C)[C@H]1O[Si](C)(C)C(C)(C)C. The molecule has 1 heterocycles. The van der Waals surface area contributed by atoms with Gasteiger partial charge in [0.05, 0.1) is 6.61 Å². The summed E-state index contributed by atoms with van der Waals surface area (Å²) in [5, 5.41) is 10.3. The van der Waals surface area contributed by atoms with Crippen LogP contribution >= 0.6 is 0 Å². The molecule has 1 unspecified atom stereocenters. The molecule has 0 radical (unpaired) electrons. The van der Waals surface area contributed by atoms with Gasteiger partial charge in [-0.3, -0.25) is 9.35 Å². The lowest BCUT2D eigenvalue weighted by atomic mass is 10.00. The van der Waals surface area contributed by atoms with E-state index in [0.717, 1.165) is 38.5 Å². The smallest absolute Gasteiger partial charge is 0.305 e. The summed E-state index contributed by atoms with van der Waals surface area (Å²) in [7, 11) is -12.3. The first-order valence-electron chi connectivity index (χ1n) is 23.1. The first-order chi connectivity index (χ1) is 27.4. The fourth-order valence-electron chi connectivity index (χ4n) is 6.16. The fourth-order valence-corrected chi connectivity index (χ4v) is 10.7. The number of ether oxygens (including phenoxy) is 3. The van der Waals surface area contributed by atoms with E-state index in [1.54, 1.807) is 0 Å². The predicted octanol–water partition coefficient (Wildman–Crippen LogP) is 11.7. The summed E-state index contributed by atoms with van der Waals surface area (Å²) in [5.74, 6) is -1.12. The van der Waals surface area contributed by atoms with Crippen molar-refractivity contribution in [1.29, 1.82) is 0 Å². The lowest BCUT2D eigenvalue weighted by Crippen LogP contribution is -2.68. The predicted molar refractivity (Wildman–Crippen MR) is 254 cm³/mol. The van der Waals surface area contributed by atoms with Gasteiger partial charge in [-0.25, -0.2) is 0 Å². The highest BCUT2D eigenvalue weighted by Gasteiger charge is 2.57. The number of carbonyl (C=O) groups is 1. The second-order valence-corrected chi connectivity index (χ2v) is 37.6. The Kier molecular flexibility index (Phi) is 24.3. The molecule has 0 aliphatic carbocycles. The van der Waals surface area contributed by atoms with Crippen molar-refractivity contribution in [3.8, 4) is 0 Å². The Morgan fingerprint density at radius 2 is 1.07 bits per heavy atom. The Balaban J connectivity index is 3.08. The first-order valence-corrected chi connectivity index (χ1v) is 33.4. The van der Waals surface area contributed by atoms with E-state index in [4.69, 9.17) is 27.5 Å². The van der Waals surface area contributed by atoms with Gasteiger partial charge in [-0.15, -0.1) is 0 Å². The number of hydrogen-bond donors (Lipinski definition) is 2. The fraction of sp³-hybridized carbons (Fsp3) is 0.933. The lowest BCUT2D eigenvalue weighted by Gasteiger charge is -2.54. The highest BCUT2D eigenvalue weighted by atomic mass is 32.2. The maximum Gasteiger partial charge on any atom is 0.305 e. The van der Waals surface area contributed by atoms with E-state index in [2.05, 4.69) is 121 Å². The van der Waals surface area contributed by atoms with Gasteiger partial charge in [0.25, 0.3) is 10.1 Å². The summed E-state index contributed by atoms with van der Waals surface area (Å²) in [6.07, 6.45) is 14.0. The first kappa shape index (κ1) is 57.5. The average molecular weight is 926 g/mol. The van der Waals surface area contributed by atoms with E-state index in [-0.39, 0.29) is 40.7 Å². The van der Waals surface area contributed by atoms with Crippen LogP contribution in [0.4, 0.5) is 0 Å². The van der Waals surface area contributed by atoms with Crippen molar-refractivity contribution in [3.63, 3.8) is 0 Å². The van der Waals surface area contributed by atoms with E-state index < -0.39 is 77.6 Å². The molecule has 0 aromatic rings. The van der Waals surface area contributed by atoms with E-state index in [1.807, 2.05) is 0 Å². The van der Waals surface area contributed by atoms with Crippen molar-refractivity contribution >= 4 is 41.0 Å². The number of esters is 1. The third kappa shape index (κ3) is 21.0. The van der Waals surface area contributed by atoms with Gasteiger partial charge in [-0.1, -0.05) is 133 Å². The van der Waals surface area contributed by atoms with Crippen molar-refractivity contribution in [1.82, 2.24) is 0 Å². The van der Waals surface area contributed by atoms with Crippen LogP contribution in [0.15, 0.2) is 12.2 Å². The summed E-state index contributed by atoms with van der Waals surface area (Å²) >= 11 is 0. The third-order valence-corrected chi connectivity index (χ3v) is 27.4. The van der Waals surface area contributed by atoms with E-state index in [9.17, 15) is 22.9 Å². The van der Waals surface area contributed by atoms with Crippen LogP contribution in [0.1, 0.15) is 159 Å². The van der Waals surface area contributed by atoms with Crippen LogP contribution in [0.2, 0.25) is 54.4 Å². The molecule has 6 atom stereocenters. The molecule has 60 heavy (non-hydrogen) atoms. The van der Waals surface area contributed by atoms with Gasteiger partial charge in [-0.05, 0) is 86.5 Å². The Labute approximate surface area is 371 Å². The second kappa shape index (κ2) is 25.3. The van der Waals surface area contributed by atoms with E-state index >= 15 is 0 Å².